The first-order valence-electron chi connectivity index (χ1n) is 9.05. The zero-order valence-electron chi connectivity index (χ0n) is 15.4. The van der Waals surface area contributed by atoms with E-state index in [1.54, 1.807) is 22.3 Å². The van der Waals surface area contributed by atoms with Crippen LogP contribution in [0.15, 0.2) is 47.8 Å². The Balaban J connectivity index is 1.33. The van der Waals surface area contributed by atoms with Gasteiger partial charge in [-0.15, -0.1) is 21.5 Å². The maximum Gasteiger partial charge on any atom is 0.321 e. The van der Waals surface area contributed by atoms with Gasteiger partial charge in [0, 0.05) is 36.9 Å². The van der Waals surface area contributed by atoms with E-state index in [1.807, 2.05) is 48.7 Å². The molecule has 6 nitrogen and oxygen atoms in total. The summed E-state index contributed by atoms with van der Waals surface area (Å²) >= 11 is 7.78. The van der Waals surface area contributed by atoms with Gasteiger partial charge in [0.15, 0.2) is 5.82 Å². The Morgan fingerprint density at radius 2 is 1.93 bits per heavy atom. The lowest BCUT2D eigenvalue weighted by molar-refractivity contribution is 0.208. The Morgan fingerprint density at radius 3 is 2.57 bits per heavy atom. The fourth-order valence-corrected chi connectivity index (χ4v) is 3.93. The molecule has 0 radical (unpaired) electrons. The summed E-state index contributed by atoms with van der Waals surface area (Å²) in [6.07, 6.45) is 0. The van der Waals surface area contributed by atoms with E-state index in [4.69, 9.17) is 11.6 Å². The van der Waals surface area contributed by atoms with E-state index >= 15 is 0 Å². The van der Waals surface area contributed by atoms with Crippen LogP contribution in [0.5, 0.6) is 0 Å². The van der Waals surface area contributed by atoms with Crippen molar-refractivity contribution in [3.63, 3.8) is 0 Å². The third-order valence-corrected chi connectivity index (χ3v) is 6.04. The lowest BCUT2D eigenvalue weighted by Gasteiger charge is -2.35. The van der Waals surface area contributed by atoms with E-state index in [-0.39, 0.29) is 6.03 Å². The van der Waals surface area contributed by atoms with E-state index < -0.39 is 0 Å². The first kappa shape index (κ1) is 18.7. The maximum atomic E-state index is 12.5. The van der Waals surface area contributed by atoms with Crippen molar-refractivity contribution < 1.29 is 4.79 Å². The van der Waals surface area contributed by atoms with Crippen LogP contribution in [0.2, 0.25) is 5.02 Å². The predicted octanol–water partition coefficient (Wildman–Crippen LogP) is 4.52. The van der Waals surface area contributed by atoms with Gasteiger partial charge in [-0.05, 0) is 48.2 Å². The number of hydrogen-bond donors (Lipinski definition) is 1. The van der Waals surface area contributed by atoms with Crippen molar-refractivity contribution in [3.8, 4) is 10.6 Å². The number of anilines is 2. The molecule has 0 saturated carbocycles. The normalized spacial score (nSPS) is 14.2. The van der Waals surface area contributed by atoms with Gasteiger partial charge in [0.1, 0.15) is 5.69 Å². The van der Waals surface area contributed by atoms with E-state index in [2.05, 4.69) is 20.4 Å². The Kier molecular flexibility index (Phi) is 5.45. The monoisotopic (exact) mass is 413 g/mol. The number of benzene rings is 1. The topological polar surface area (TPSA) is 61.4 Å². The molecule has 0 atom stereocenters. The largest absolute Gasteiger partial charge is 0.352 e. The smallest absolute Gasteiger partial charge is 0.321 e. The highest BCUT2D eigenvalue weighted by atomic mass is 35.5. The number of amides is 2. The van der Waals surface area contributed by atoms with Gasteiger partial charge in [-0.25, -0.2) is 4.79 Å². The molecule has 2 amide bonds. The number of carbonyl (C=O) groups is 1. The molecule has 0 unspecified atom stereocenters. The van der Waals surface area contributed by atoms with E-state index in [9.17, 15) is 4.79 Å². The van der Waals surface area contributed by atoms with Gasteiger partial charge in [-0.1, -0.05) is 23.7 Å². The van der Waals surface area contributed by atoms with E-state index in [0.717, 1.165) is 35.0 Å². The Hall–Kier alpha value is -2.64. The van der Waals surface area contributed by atoms with Crippen LogP contribution in [0.25, 0.3) is 10.6 Å². The minimum absolute atomic E-state index is 0.112. The van der Waals surface area contributed by atoms with Gasteiger partial charge in [0.2, 0.25) is 0 Å². The average molecular weight is 414 g/mol. The molecule has 28 heavy (non-hydrogen) atoms. The number of urea groups is 1. The second kappa shape index (κ2) is 8.16. The molecule has 1 N–H and O–H groups in total. The minimum Gasteiger partial charge on any atom is -0.352 e. The summed E-state index contributed by atoms with van der Waals surface area (Å²) in [5.74, 6) is 0.839. The van der Waals surface area contributed by atoms with E-state index in [0.29, 0.717) is 23.8 Å². The molecule has 0 spiro atoms. The van der Waals surface area contributed by atoms with Crippen molar-refractivity contribution in [1.29, 1.82) is 0 Å². The minimum atomic E-state index is -0.112. The summed E-state index contributed by atoms with van der Waals surface area (Å²) in [5.41, 5.74) is 2.58. The van der Waals surface area contributed by atoms with Crippen molar-refractivity contribution in [2.24, 2.45) is 0 Å². The van der Waals surface area contributed by atoms with Crippen LogP contribution in [0, 0.1) is 6.92 Å². The molecule has 1 fully saturated rings. The van der Waals surface area contributed by atoms with Crippen molar-refractivity contribution in [3.05, 3.63) is 58.4 Å². The molecule has 0 bridgehead atoms. The molecule has 2 aromatic heterocycles. The summed E-state index contributed by atoms with van der Waals surface area (Å²) in [4.78, 5) is 17.6. The number of rotatable bonds is 3. The number of aromatic nitrogens is 2. The third-order valence-electron chi connectivity index (χ3n) is 4.74. The highest BCUT2D eigenvalue weighted by Gasteiger charge is 2.22. The molecular formula is C20H20ClN5OS. The van der Waals surface area contributed by atoms with Crippen LogP contribution >= 0.6 is 22.9 Å². The molecule has 1 aromatic carbocycles. The number of halogens is 1. The highest BCUT2D eigenvalue weighted by Crippen LogP contribution is 2.24. The van der Waals surface area contributed by atoms with Crippen LogP contribution in [0.4, 0.5) is 16.3 Å². The second-order valence-corrected chi connectivity index (χ2v) is 7.98. The number of thiophene rings is 1. The molecular weight excluding hydrogens is 394 g/mol. The first-order chi connectivity index (χ1) is 13.6. The van der Waals surface area contributed by atoms with Crippen molar-refractivity contribution in [2.45, 2.75) is 6.92 Å². The number of piperazine rings is 1. The van der Waals surface area contributed by atoms with Gasteiger partial charge >= 0.3 is 6.03 Å². The molecule has 144 valence electrons. The van der Waals surface area contributed by atoms with Gasteiger partial charge in [-0.2, -0.15) is 0 Å². The Morgan fingerprint density at radius 1 is 1.11 bits per heavy atom. The zero-order valence-corrected chi connectivity index (χ0v) is 17.0. The van der Waals surface area contributed by atoms with E-state index in [1.165, 1.54) is 0 Å². The molecule has 4 rings (SSSR count). The molecule has 3 heterocycles. The lowest BCUT2D eigenvalue weighted by atomic mass is 10.2. The summed E-state index contributed by atoms with van der Waals surface area (Å²) in [6, 6.07) is 13.4. The fraction of sp³-hybridized carbons (Fsp3) is 0.250. The van der Waals surface area contributed by atoms with Crippen molar-refractivity contribution >= 4 is 40.5 Å². The number of hydrogen-bond acceptors (Lipinski definition) is 5. The lowest BCUT2D eigenvalue weighted by Crippen LogP contribution is -2.50. The second-order valence-electron chi connectivity index (χ2n) is 6.62. The number of aryl methyl sites for hydroxylation is 1. The van der Waals surface area contributed by atoms with Gasteiger partial charge < -0.3 is 15.1 Å². The Bertz CT molecular complexity index is 953. The number of nitrogens with zero attached hydrogens (tertiary/aromatic N) is 4. The van der Waals surface area contributed by atoms with Crippen LogP contribution in [-0.2, 0) is 0 Å². The van der Waals surface area contributed by atoms with Crippen molar-refractivity contribution in [2.75, 3.05) is 36.4 Å². The standard InChI is InChI=1S/C20H20ClN5OS/c1-14-4-5-15(13-16(14)21)22-20(27)26-10-8-25(9-11-26)19-7-6-17(23-24-19)18-3-2-12-28-18/h2-7,12-13H,8-11H2,1H3,(H,22,27). The highest BCUT2D eigenvalue weighted by molar-refractivity contribution is 7.13. The maximum absolute atomic E-state index is 12.5. The third kappa shape index (κ3) is 4.10. The quantitative estimate of drug-likeness (QED) is 0.685. The number of carbonyl (C=O) groups excluding carboxylic acids is 1. The molecule has 8 heteroatoms. The summed E-state index contributed by atoms with van der Waals surface area (Å²) in [5, 5.41) is 14.3. The summed E-state index contributed by atoms with van der Waals surface area (Å²) in [7, 11) is 0. The Labute approximate surface area is 172 Å². The first-order valence-corrected chi connectivity index (χ1v) is 10.3. The SMILES string of the molecule is Cc1ccc(NC(=O)N2CCN(c3ccc(-c4cccs4)nn3)CC2)cc1Cl. The zero-order chi connectivity index (χ0) is 19.5. The van der Waals surface area contributed by atoms with Gasteiger partial charge in [0.25, 0.3) is 0 Å². The fourth-order valence-electron chi connectivity index (χ4n) is 3.06. The van der Waals surface area contributed by atoms with Gasteiger partial charge in [-0.3, -0.25) is 0 Å². The molecule has 0 aliphatic carbocycles. The molecule has 1 aliphatic heterocycles. The van der Waals surface area contributed by atoms with Crippen LogP contribution in [-0.4, -0.2) is 47.3 Å². The summed E-state index contributed by atoms with van der Waals surface area (Å²) in [6.45, 7) is 4.62. The van der Waals surface area contributed by atoms with Crippen LogP contribution < -0.4 is 10.2 Å². The molecule has 1 saturated heterocycles. The van der Waals surface area contributed by atoms with Crippen LogP contribution in [0.3, 0.4) is 0 Å². The molecule has 3 aromatic rings. The van der Waals surface area contributed by atoms with Crippen molar-refractivity contribution in [1.82, 2.24) is 15.1 Å². The molecule has 1 aliphatic rings. The van der Waals surface area contributed by atoms with Gasteiger partial charge in [0.05, 0.1) is 4.88 Å². The van der Waals surface area contributed by atoms with Crippen LogP contribution in [0.1, 0.15) is 5.56 Å². The number of nitrogens with one attached hydrogen (secondary N) is 1. The average Bonchev–Trinajstić information content (AvgIpc) is 3.26. The summed E-state index contributed by atoms with van der Waals surface area (Å²) < 4.78 is 0. The predicted molar refractivity (Wildman–Crippen MR) is 114 cm³/mol.